The predicted octanol–water partition coefficient (Wildman–Crippen LogP) is 2.55. The van der Waals surface area contributed by atoms with E-state index >= 15 is 0 Å². The Kier molecular flexibility index (Phi) is 4.92. The molecular weight excluding hydrogens is 224 g/mol. The highest BCUT2D eigenvalue weighted by molar-refractivity contribution is 7.80. The van der Waals surface area contributed by atoms with Crippen LogP contribution >= 0.6 is 12.6 Å². The Morgan fingerprint density at radius 1 is 1.44 bits per heavy atom. The summed E-state index contributed by atoms with van der Waals surface area (Å²) in [5, 5.41) is 9.50. The van der Waals surface area contributed by atoms with Crippen LogP contribution in [0, 0.1) is 0 Å². The second-order valence-electron chi connectivity index (χ2n) is 3.19. The highest BCUT2D eigenvalue weighted by Gasteiger charge is 2.06. The summed E-state index contributed by atoms with van der Waals surface area (Å²) in [6.45, 7) is 0. The Hall–Kier alpha value is -1.42. The number of rotatable bonds is 5. The van der Waals surface area contributed by atoms with Gasteiger partial charge in [-0.05, 0) is 29.9 Å². The molecule has 0 aliphatic rings. The third kappa shape index (κ3) is 3.03. The van der Waals surface area contributed by atoms with Gasteiger partial charge in [0.2, 0.25) is 0 Å². The number of benzene rings is 1. The Morgan fingerprint density at radius 2 is 2.19 bits per heavy atom. The molecule has 4 heteroatoms. The molecule has 1 rings (SSSR count). The molecule has 0 aromatic heterocycles. The molecule has 0 heterocycles. The number of aromatic hydroxyl groups is 1. The van der Waals surface area contributed by atoms with Gasteiger partial charge in [0.1, 0.15) is 0 Å². The minimum atomic E-state index is -0.0315. The maximum absolute atomic E-state index is 10.8. The molecule has 0 radical (unpaired) electrons. The third-order valence-electron chi connectivity index (χ3n) is 2.10. The second-order valence-corrected chi connectivity index (χ2v) is 3.63. The van der Waals surface area contributed by atoms with Gasteiger partial charge >= 0.3 is 0 Å². The molecule has 0 bridgehead atoms. The van der Waals surface area contributed by atoms with Crippen molar-refractivity contribution < 1.29 is 14.6 Å². The Balaban J connectivity index is 3.09. The van der Waals surface area contributed by atoms with Crippen molar-refractivity contribution in [3.05, 3.63) is 29.3 Å². The number of aldehydes is 1. The van der Waals surface area contributed by atoms with Gasteiger partial charge in [-0.25, -0.2) is 0 Å². The molecule has 0 amide bonds. The summed E-state index contributed by atoms with van der Waals surface area (Å²) in [4.78, 5) is 10.8. The van der Waals surface area contributed by atoms with E-state index in [-0.39, 0.29) is 5.75 Å². The first-order chi connectivity index (χ1) is 7.72. The van der Waals surface area contributed by atoms with Crippen LogP contribution < -0.4 is 4.74 Å². The zero-order chi connectivity index (χ0) is 12.0. The van der Waals surface area contributed by atoms with Crippen molar-refractivity contribution >= 4 is 25.0 Å². The summed E-state index contributed by atoms with van der Waals surface area (Å²) in [7, 11) is 1.47. The zero-order valence-corrected chi connectivity index (χ0v) is 9.91. The van der Waals surface area contributed by atoms with Crippen molar-refractivity contribution in [2.24, 2.45) is 0 Å². The lowest BCUT2D eigenvalue weighted by atomic mass is 10.1. The zero-order valence-electron chi connectivity index (χ0n) is 9.01. The number of allylic oxidation sites excluding steroid dienone is 1. The fraction of sp³-hybridized carbons (Fsp3) is 0.250. The maximum atomic E-state index is 10.8. The molecule has 86 valence electrons. The van der Waals surface area contributed by atoms with Crippen LogP contribution in [0.25, 0.3) is 6.08 Å². The number of thiol groups is 1. The van der Waals surface area contributed by atoms with Gasteiger partial charge in [-0.1, -0.05) is 12.2 Å². The minimum absolute atomic E-state index is 0.0315. The monoisotopic (exact) mass is 238 g/mol. The molecule has 0 atom stereocenters. The minimum Gasteiger partial charge on any atom is -0.504 e. The number of methoxy groups -OCH3 is 1. The van der Waals surface area contributed by atoms with E-state index in [0.29, 0.717) is 17.6 Å². The van der Waals surface area contributed by atoms with E-state index in [1.165, 1.54) is 13.2 Å². The van der Waals surface area contributed by atoms with Crippen LogP contribution in [0.2, 0.25) is 0 Å². The van der Waals surface area contributed by atoms with Gasteiger partial charge in [0.05, 0.1) is 7.11 Å². The van der Waals surface area contributed by atoms with Crippen molar-refractivity contribution in [2.45, 2.75) is 6.42 Å². The van der Waals surface area contributed by atoms with E-state index in [4.69, 9.17) is 4.74 Å². The molecule has 0 saturated heterocycles. The van der Waals surface area contributed by atoms with Crippen LogP contribution in [-0.4, -0.2) is 24.3 Å². The number of hydrogen-bond acceptors (Lipinski definition) is 4. The number of ether oxygens (including phenoxy) is 1. The summed E-state index contributed by atoms with van der Waals surface area (Å²) in [6.07, 6.45) is 5.28. The molecule has 16 heavy (non-hydrogen) atoms. The average Bonchev–Trinajstić information content (AvgIpc) is 2.30. The maximum Gasteiger partial charge on any atom is 0.161 e. The van der Waals surface area contributed by atoms with Gasteiger partial charge in [0.25, 0.3) is 0 Å². The topological polar surface area (TPSA) is 46.5 Å². The van der Waals surface area contributed by atoms with E-state index < -0.39 is 0 Å². The average molecular weight is 238 g/mol. The highest BCUT2D eigenvalue weighted by atomic mass is 32.1. The highest BCUT2D eigenvalue weighted by Crippen LogP contribution is 2.29. The molecule has 0 spiro atoms. The lowest BCUT2D eigenvalue weighted by molar-refractivity contribution is 0.112. The second kappa shape index (κ2) is 6.23. The molecule has 0 unspecified atom stereocenters. The van der Waals surface area contributed by atoms with Crippen molar-refractivity contribution in [3.8, 4) is 11.5 Å². The molecule has 0 aliphatic heterocycles. The third-order valence-corrected chi connectivity index (χ3v) is 2.36. The predicted molar refractivity (Wildman–Crippen MR) is 67.6 cm³/mol. The van der Waals surface area contributed by atoms with Gasteiger partial charge in [0.15, 0.2) is 17.8 Å². The van der Waals surface area contributed by atoms with E-state index in [2.05, 4.69) is 12.6 Å². The molecule has 0 fully saturated rings. The van der Waals surface area contributed by atoms with Crippen LogP contribution in [0.1, 0.15) is 22.3 Å². The summed E-state index contributed by atoms with van der Waals surface area (Å²) in [5.41, 5.74) is 1.17. The first-order valence-corrected chi connectivity index (χ1v) is 5.49. The molecule has 0 aliphatic carbocycles. The van der Waals surface area contributed by atoms with E-state index in [1.807, 2.05) is 12.2 Å². The number of carbonyl (C=O) groups excluding carboxylic acids is 1. The van der Waals surface area contributed by atoms with E-state index in [9.17, 15) is 9.90 Å². The summed E-state index contributed by atoms with van der Waals surface area (Å²) in [6, 6.07) is 3.03. The molecule has 3 nitrogen and oxygen atoms in total. The first kappa shape index (κ1) is 12.6. The molecule has 1 aromatic rings. The molecule has 1 aromatic carbocycles. The Morgan fingerprint density at radius 3 is 2.75 bits per heavy atom. The normalized spacial score (nSPS) is 10.6. The molecular formula is C12H14O3S. The number of carbonyl (C=O) groups is 1. The fourth-order valence-electron chi connectivity index (χ4n) is 1.29. The largest absolute Gasteiger partial charge is 0.504 e. The van der Waals surface area contributed by atoms with Gasteiger partial charge in [0, 0.05) is 5.56 Å². The standard InChI is InChI=1S/C12H14O3S/c1-15-12-7-9(4-2-3-5-16)10(8-13)6-11(12)14/h2,4,6-8,14,16H,3,5H2,1H3. The quantitative estimate of drug-likeness (QED) is 0.612. The SMILES string of the molecule is COc1cc(C=CCCS)c(C=O)cc1O. The number of phenolic OH excluding ortho intramolecular Hbond substituents is 1. The fourth-order valence-corrected chi connectivity index (χ4v) is 1.44. The van der Waals surface area contributed by atoms with Crippen molar-refractivity contribution in [1.29, 1.82) is 0 Å². The van der Waals surface area contributed by atoms with Crippen LogP contribution in [0.15, 0.2) is 18.2 Å². The molecule has 0 saturated carbocycles. The molecule has 1 N–H and O–H groups in total. The summed E-state index contributed by atoms with van der Waals surface area (Å²) >= 11 is 4.09. The van der Waals surface area contributed by atoms with Gasteiger partial charge in [-0.15, -0.1) is 0 Å². The summed E-state index contributed by atoms with van der Waals surface area (Å²) < 4.78 is 4.98. The van der Waals surface area contributed by atoms with Crippen LogP contribution in [0.5, 0.6) is 11.5 Å². The van der Waals surface area contributed by atoms with Gasteiger partial charge < -0.3 is 9.84 Å². The van der Waals surface area contributed by atoms with Crippen molar-refractivity contribution in [3.63, 3.8) is 0 Å². The van der Waals surface area contributed by atoms with Gasteiger partial charge in [-0.3, -0.25) is 4.79 Å². The van der Waals surface area contributed by atoms with Crippen molar-refractivity contribution in [2.75, 3.05) is 12.9 Å². The lowest BCUT2D eigenvalue weighted by Crippen LogP contribution is -1.90. The summed E-state index contributed by atoms with van der Waals surface area (Å²) in [5.74, 6) is 1.08. The lowest BCUT2D eigenvalue weighted by Gasteiger charge is -2.06. The van der Waals surface area contributed by atoms with Crippen LogP contribution in [-0.2, 0) is 0 Å². The first-order valence-electron chi connectivity index (χ1n) is 4.86. The smallest absolute Gasteiger partial charge is 0.161 e. The van der Waals surface area contributed by atoms with Gasteiger partial charge in [-0.2, -0.15) is 12.6 Å². The van der Waals surface area contributed by atoms with E-state index in [0.717, 1.165) is 17.7 Å². The van der Waals surface area contributed by atoms with Crippen molar-refractivity contribution in [1.82, 2.24) is 0 Å². The number of phenols is 1. The van der Waals surface area contributed by atoms with E-state index in [1.54, 1.807) is 6.07 Å². The Bertz CT molecular complexity index is 399. The van der Waals surface area contributed by atoms with Crippen LogP contribution in [0.4, 0.5) is 0 Å². The van der Waals surface area contributed by atoms with Crippen LogP contribution in [0.3, 0.4) is 0 Å². The Labute approximate surface area is 100 Å². The number of hydrogen-bond donors (Lipinski definition) is 2.